The van der Waals surface area contributed by atoms with Crippen LogP contribution in [0.3, 0.4) is 0 Å². The van der Waals surface area contributed by atoms with Gasteiger partial charge in [0.15, 0.2) is 14.8 Å². The first kappa shape index (κ1) is 14.9. The molecule has 0 fully saturated rings. The number of thiocarbonyl (C=S) groups is 1. The second-order valence-corrected chi connectivity index (χ2v) is 2.99. The lowest BCUT2D eigenvalue weighted by Crippen LogP contribution is -2.60. The van der Waals surface area contributed by atoms with Gasteiger partial charge in [0, 0.05) is 0 Å². The third kappa shape index (κ3) is 3.17. The van der Waals surface area contributed by atoms with Crippen LogP contribution in [0.2, 0.25) is 0 Å². The van der Waals surface area contributed by atoms with Crippen molar-refractivity contribution >= 4 is 17.4 Å². The Balaban J connectivity index is 4.95. The van der Waals surface area contributed by atoms with Crippen molar-refractivity contribution in [2.45, 2.75) is 12.7 Å². The van der Waals surface area contributed by atoms with Gasteiger partial charge in [0.25, 0.3) is 5.17 Å². The van der Waals surface area contributed by atoms with Crippen LogP contribution in [-0.4, -0.2) is 38.9 Å². The summed E-state index contributed by atoms with van der Waals surface area (Å²) in [5, 5.41) is 33.0. The molecule has 0 aliphatic heterocycles. The SMILES string of the molecule is CCOC(=S)NCC([N+](=O)[O-])([N+](=O)[O-])[N+](=O)[O-]. The second-order valence-electron chi connectivity index (χ2n) is 2.62. The minimum atomic E-state index is -3.58. The standard InChI is InChI=1S/C5H8N4O7S/c1-2-16-4(17)6-3-5(7(10)11,8(12)13)9(14)15/h2-3H2,1H3,(H,6,17). The third-order valence-corrected chi connectivity index (χ3v) is 1.88. The summed E-state index contributed by atoms with van der Waals surface area (Å²) in [7, 11) is 0. The number of nitrogens with one attached hydrogen (secondary N) is 1. The van der Waals surface area contributed by atoms with Crippen molar-refractivity contribution < 1.29 is 19.5 Å². The maximum Gasteiger partial charge on any atom is 0.717 e. The molecule has 0 saturated carbocycles. The molecule has 0 radical (unpaired) electrons. The molecule has 0 rings (SSSR count). The summed E-state index contributed by atoms with van der Waals surface area (Å²) in [6.45, 7) is 0.461. The molecule has 17 heavy (non-hydrogen) atoms. The van der Waals surface area contributed by atoms with Crippen molar-refractivity contribution in [2.75, 3.05) is 13.2 Å². The van der Waals surface area contributed by atoms with E-state index >= 15 is 0 Å². The lowest BCUT2D eigenvalue weighted by molar-refractivity contribution is -0.966. The smallest absolute Gasteiger partial charge is 0.471 e. The van der Waals surface area contributed by atoms with Gasteiger partial charge in [-0.1, -0.05) is 0 Å². The van der Waals surface area contributed by atoms with Gasteiger partial charge in [-0.15, -0.1) is 0 Å². The van der Waals surface area contributed by atoms with Crippen LogP contribution in [0.5, 0.6) is 0 Å². The highest BCUT2D eigenvalue weighted by atomic mass is 32.1. The zero-order valence-corrected chi connectivity index (χ0v) is 9.34. The second kappa shape index (κ2) is 5.83. The molecule has 0 saturated heterocycles. The summed E-state index contributed by atoms with van der Waals surface area (Å²) in [5.41, 5.74) is 0. The van der Waals surface area contributed by atoms with Gasteiger partial charge >= 0.3 is 5.79 Å². The monoisotopic (exact) mass is 268 g/mol. The molecule has 0 aromatic rings. The number of rotatable bonds is 6. The molecule has 0 bridgehead atoms. The minimum Gasteiger partial charge on any atom is -0.471 e. The number of nitro groups is 3. The Labute approximate surface area is 99.2 Å². The third-order valence-electron chi connectivity index (χ3n) is 1.62. The molecule has 0 aromatic heterocycles. The van der Waals surface area contributed by atoms with Crippen LogP contribution in [0.15, 0.2) is 0 Å². The van der Waals surface area contributed by atoms with E-state index in [0.717, 1.165) is 0 Å². The molecule has 0 amide bonds. The summed E-state index contributed by atoms with van der Waals surface area (Å²) >= 11 is 4.48. The molecule has 0 heterocycles. The van der Waals surface area contributed by atoms with Gasteiger partial charge in [0.05, 0.1) is 6.61 Å². The van der Waals surface area contributed by atoms with E-state index in [-0.39, 0.29) is 11.8 Å². The molecule has 1 N–H and O–H groups in total. The normalized spacial score (nSPS) is 10.4. The molecule has 0 aliphatic carbocycles. The predicted octanol–water partition coefficient (Wildman–Crippen LogP) is -0.619. The van der Waals surface area contributed by atoms with Crippen molar-refractivity contribution in [3.63, 3.8) is 0 Å². The van der Waals surface area contributed by atoms with Crippen LogP contribution in [0.4, 0.5) is 0 Å². The summed E-state index contributed by atoms with van der Waals surface area (Å²) in [5.74, 6) is -3.58. The van der Waals surface area contributed by atoms with Gasteiger partial charge in [0.2, 0.25) is 6.54 Å². The number of hydrogen-bond donors (Lipinski definition) is 1. The van der Waals surface area contributed by atoms with E-state index in [1.165, 1.54) is 0 Å². The Morgan fingerprint density at radius 1 is 1.24 bits per heavy atom. The lowest BCUT2D eigenvalue weighted by atomic mass is 10.4. The van der Waals surface area contributed by atoms with Gasteiger partial charge in [-0.25, -0.2) is 0 Å². The summed E-state index contributed by atoms with van der Waals surface area (Å²) in [6.07, 6.45) is 0. The van der Waals surface area contributed by atoms with E-state index in [0.29, 0.717) is 0 Å². The van der Waals surface area contributed by atoms with E-state index in [2.05, 4.69) is 17.0 Å². The summed E-state index contributed by atoms with van der Waals surface area (Å²) in [6, 6.07) is 0. The van der Waals surface area contributed by atoms with Crippen molar-refractivity contribution in [1.29, 1.82) is 0 Å². The fourth-order valence-corrected chi connectivity index (χ4v) is 0.957. The fraction of sp³-hybridized carbons (Fsp3) is 0.800. The van der Waals surface area contributed by atoms with Crippen LogP contribution < -0.4 is 5.32 Å². The maximum atomic E-state index is 10.5. The van der Waals surface area contributed by atoms with E-state index in [1.54, 1.807) is 6.92 Å². The van der Waals surface area contributed by atoms with E-state index < -0.39 is 27.1 Å². The molecule has 0 unspecified atom stereocenters. The molecule has 0 spiro atoms. The lowest BCUT2D eigenvalue weighted by Gasteiger charge is -2.11. The first-order valence-corrected chi connectivity index (χ1v) is 4.54. The highest BCUT2D eigenvalue weighted by Gasteiger charge is 2.70. The van der Waals surface area contributed by atoms with E-state index in [1.807, 2.05) is 5.32 Å². The van der Waals surface area contributed by atoms with Gasteiger partial charge in [0.1, 0.15) is 0 Å². The number of hydrogen-bond acceptors (Lipinski definition) is 8. The van der Waals surface area contributed by atoms with Gasteiger partial charge in [-0.3, -0.25) is 30.3 Å². The Bertz CT molecular complexity index is 322. The predicted molar refractivity (Wildman–Crippen MR) is 55.9 cm³/mol. The van der Waals surface area contributed by atoms with Gasteiger partial charge in [-0.2, -0.15) is 0 Å². The zero-order valence-electron chi connectivity index (χ0n) is 8.52. The molecular weight excluding hydrogens is 260 g/mol. The van der Waals surface area contributed by atoms with E-state index in [4.69, 9.17) is 0 Å². The Kier molecular flexibility index (Phi) is 5.11. The highest BCUT2D eigenvalue weighted by Crippen LogP contribution is 2.10. The van der Waals surface area contributed by atoms with Gasteiger partial charge < -0.3 is 10.1 Å². The van der Waals surface area contributed by atoms with Crippen molar-refractivity contribution in [2.24, 2.45) is 0 Å². The molecule has 0 aliphatic rings. The first-order valence-electron chi connectivity index (χ1n) is 4.13. The van der Waals surface area contributed by atoms with Crippen molar-refractivity contribution in [3.8, 4) is 0 Å². The van der Waals surface area contributed by atoms with E-state index in [9.17, 15) is 30.3 Å². The highest BCUT2D eigenvalue weighted by molar-refractivity contribution is 7.80. The molecule has 0 atom stereocenters. The number of ether oxygens (including phenoxy) is 1. The van der Waals surface area contributed by atoms with Crippen LogP contribution in [0, 0.1) is 30.3 Å². The first-order chi connectivity index (χ1) is 7.78. The molecule has 12 heteroatoms. The topological polar surface area (TPSA) is 151 Å². The summed E-state index contributed by atoms with van der Waals surface area (Å²) < 4.78 is 4.63. The van der Waals surface area contributed by atoms with Crippen molar-refractivity contribution in [1.82, 2.24) is 5.32 Å². The Morgan fingerprint density at radius 2 is 1.65 bits per heavy atom. The molecule has 96 valence electrons. The van der Waals surface area contributed by atoms with Crippen LogP contribution in [-0.2, 0) is 4.74 Å². The summed E-state index contributed by atoms with van der Waals surface area (Å²) in [4.78, 5) is 26.6. The Morgan fingerprint density at radius 3 is 1.94 bits per heavy atom. The zero-order chi connectivity index (χ0) is 13.6. The van der Waals surface area contributed by atoms with Crippen molar-refractivity contribution in [3.05, 3.63) is 30.3 Å². The van der Waals surface area contributed by atoms with Crippen LogP contribution in [0.1, 0.15) is 6.92 Å². The van der Waals surface area contributed by atoms with Gasteiger partial charge in [-0.05, 0) is 19.1 Å². The molecular formula is C5H8N4O7S. The minimum absolute atomic E-state index is 0.119. The van der Waals surface area contributed by atoms with Crippen LogP contribution >= 0.6 is 12.2 Å². The van der Waals surface area contributed by atoms with Crippen LogP contribution in [0.25, 0.3) is 0 Å². The molecule has 11 nitrogen and oxygen atoms in total. The fourth-order valence-electron chi connectivity index (χ4n) is 0.767. The quantitative estimate of drug-likeness (QED) is 0.287. The molecule has 0 aromatic carbocycles. The maximum absolute atomic E-state index is 10.5. The largest absolute Gasteiger partial charge is 0.717 e. The average Bonchev–Trinajstić information content (AvgIpc) is 2.17. The average molecular weight is 268 g/mol. The number of nitrogens with zero attached hydrogens (tertiary/aromatic N) is 3. The Hall–Kier alpha value is -2.11.